The molecule has 20 heavy (non-hydrogen) atoms. The highest BCUT2D eigenvalue weighted by Gasteiger charge is 2.21. The van der Waals surface area contributed by atoms with Crippen LogP contribution in [0.5, 0.6) is 0 Å². The maximum atomic E-state index is 10.3. The lowest BCUT2D eigenvalue weighted by atomic mass is 9.94. The number of nitrogens with zero attached hydrogens (tertiary/aromatic N) is 1. The molecule has 1 aromatic carbocycles. The Hall–Kier alpha value is -1.45. The zero-order valence-electron chi connectivity index (χ0n) is 12.6. The van der Waals surface area contributed by atoms with Gasteiger partial charge in [-0.3, -0.25) is 4.98 Å². The molecule has 0 spiro atoms. The third-order valence-electron chi connectivity index (χ3n) is 3.42. The summed E-state index contributed by atoms with van der Waals surface area (Å²) in [4.78, 5) is 4.27. The summed E-state index contributed by atoms with van der Waals surface area (Å²) in [7, 11) is 0. The Morgan fingerprint density at radius 3 is 2.75 bits per heavy atom. The molecular weight excluding hydrogens is 248 g/mol. The van der Waals surface area contributed by atoms with Crippen LogP contribution in [0.3, 0.4) is 0 Å². The average Bonchev–Trinajstić information content (AvgIpc) is 2.37. The number of aliphatic hydroxyl groups is 1. The lowest BCUT2D eigenvalue weighted by Crippen LogP contribution is -2.38. The number of nitrogens with one attached hydrogen (secondary N) is 1. The number of benzene rings is 1. The number of pyridine rings is 1. The highest BCUT2D eigenvalue weighted by molar-refractivity contribution is 5.84. The van der Waals surface area contributed by atoms with Crippen LogP contribution in [0, 0.1) is 5.92 Å². The van der Waals surface area contributed by atoms with Gasteiger partial charge in [0.05, 0.1) is 5.60 Å². The molecule has 2 aromatic rings. The van der Waals surface area contributed by atoms with Crippen molar-refractivity contribution in [3.8, 4) is 0 Å². The van der Waals surface area contributed by atoms with Crippen LogP contribution in [0.1, 0.15) is 32.8 Å². The molecule has 0 amide bonds. The monoisotopic (exact) mass is 272 g/mol. The van der Waals surface area contributed by atoms with Crippen molar-refractivity contribution in [2.24, 2.45) is 5.92 Å². The van der Waals surface area contributed by atoms with Crippen molar-refractivity contribution in [1.82, 2.24) is 10.3 Å². The molecular formula is C17H24N2O. The first kappa shape index (κ1) is 14.9. The minimum Gasteiger partial charge on any atom is -0.389 e. The molecule has 0 saturated heterocycles. The van der Waals surface area contributed by atoms with Gasteiger partial charge < -0.3 is 10.4 Å². The summed E-state index contributed by atoms with van der Waals surface area (Å²) in [6.45, 7) is 7.46. The van der Waals surface area contributed by atoms with E-state index in [0.29, 0.717) is 12.5 Å². The van der Waals surface area contributed by atoms with Crippen LogP contribution in [0.4, 0.5) is 0 Å². The molecule has 2 rings (SSSR count). The van der Waals surface area contributed by atoms with Gasteiger partial charge in [0.25, 0.3) is 0 Å². The first-order chi connectivity index (χ1) is 9.48. The number of hydrogen-bond donors (Lipinski definition) is 2. The smallest absolute Gasteiger partial charge is 0.0746 e. The van der Waals surface area contributed by atoms with Crippen LogP contribution >= 0.6 is 0 Å². The Bertz CT molecular complexity index is 558. The number of rotatable bonds is 6. The summed E-state index contributed by atoms with van der Waals surface area (Å²) in [6, 6.07) is 8.25. The van der Waals surface area contributed by atoms with E-state index in [2.05, 4.69) is 36.3 Å². The van der Waals surface area contributed by atoms with Gasteiger partial charge in [0.1, 0.15) is 0 Å². The predicted octanol–water partition coefficient (Wildman–Crippen LogP) is 3.12. The quantitative estimate of drug-likeness (QED) is 0.849. The van der Waals surface area contributed by atoms with Gasteiger partial charge in [-0.25, -0.2) is 0 Å². The van der Waals surface area contributed by atoms with Crippen molar-refractivity contribution in [3.05, 3.63) is 42.2 Å². The van der Waals surface area contributed by atoms with Crippen LogP contribution in [-0.2, 0) is 6.54 Å². The van der Waals surface area contributed by atoms with E-state index in [-0.39, 0.29) is 0 Å². The van der Waals surface area contributed by atoms with Gasteiger partial charge in [-0.2, -0.15) is 0 Å². The molecule has 108 valence electrons. The van der Waals surface area contributed by atoms with E-state index in [1.807, 2.05) is 31.5 Å². The fourth-order valence-corrected chi connectivity index (χ4v) is 2.74. The van der Waals surface area contributed by atoms with E-state index in [4.69, 9.17) is 0 Å². The summed E-state index contributed by atoms with van der Waals surface area (Å²) in [5.74, 6) is 0.492. The maximum Gasteiger partial charge on any atom is 0.0746 e. The van der Waals surface area contributed by atoms with E-state index in [1.54, 1.807) is 0 Å². The largest absolute Gasteiger partial charge is 0.389 e. The van der Waals surface area contributed by atoms with Crippen molar-refractivity contribution in [2.75, 3.05) is 6.54 Å². The fourth-order valence-electron chi connectivity index (χ4n) is 2.74. The van der Waals surface area contributed by atoms with Crippen LogP contribution < -0.4 is 5.32 Å². The van der Waals surface area contributed by atoms with Crippen molar-refractivity contribution >= 4 is 10.8 Å². The Morgan fingerprint density at radius 2 is 2.00 bits per heavy atom. The standard InChI is InChI=1S/C17H24N2O/c1-13(2)8-17(3,20)12-19-11-15-10-18-9-14-6-4-5-7-16(14)15/h4-7,9-10,13,19-20H,8,11-12H2,1-3H3. The summed E-state index contributed by atoms with van der Waals surface area (Å²) in [6.07, 6.45) is 4.58. The zero-order chi connectivity index (χ0) is 14.6. The van der Waals surface area contributed by atoms with Crippen molar-refractivity contribution < 1.29 is 5.11 Å². The van der Waals surface area contributed by atoms with Gasteiger partial charge in [-0.1, -0.05) is 38.1 Å². The summed E-state index contributed by atoms with van der Waals surface area (Å²) >= 11 is 0. The van der Waals surface area contributed by atoms with Gasteiger partial charge in [0, 0.05) is 30.9 Å². The third kappa shape index (κ3) is 4.02. The van der Waals surface area contributed by atoms with Gasteiger partial charge in [0.15, 0.2) is 0 Å². The molecule has 0 radical (unpaired) electrons. The molecule has 1 unspecified atom stereocenters. The number of hydrogen-bond acceptors (Lipinski definition) is 3. The van der Waals surface area contributed by atoms with Crippen LogP contribution in [0.2, 0.25) is 0 Å². The van der Waals surface area contributed by atoms with Gasteiger partial charge in [-0.15, -0.1) is 0 Å². The van der Waals surface area contributed by atoms with Crippen LogP contribution in [0.15, 0.2) is 36.7 Å². The second kappa shape index (κ2) is 6.33. The van der Waals surface area contributed by atoms with Crippen LogP contribution in [-0.4, -0.2) is 22.2 Å². The first-order valence-corrected chi connectivity index (χ1v) is 7.23. The maximum absolute atomic E-state index is 10.3. The number of aromatic nitrogens is 1. The van der Waals surface area contributed by atoms with E-state index in [0.717, 1.165) is 18.4 Å². The molecule has 1 aromatic heterocycles. The van der Waals surface area contributed by atoms with Crippen molar-refractivity contribution in [3.63, 3.8) is 0 Å². The van der Waals surface area contributed by atoms with E-state index in [1.165, 1.54) is 10.9 Å². The Balaban J connectivity index is 2.00. The molecule has 0 fully saturated rings. The fraction of sp³-hybridized carbons (Fsp3) is 0.471. The minimum atomic E-state index is -0.661. The third-order valence-corrected chi connectivity index (χ3v) is 3.42. The lowest BCUT2D eigenvalue weighted by Gasteiger charge is -2.25. The predicted molar refractivity (Wildman–Crippen MR) is 83.5 cm³/mol. The summed E-state index contributed by atoms with van der Waals surface area (Å²) in [5.41, 5.74) is 0.509. The molecule has 3 nitrogen and oxygen atoms in total. The first-order valence-electron chi connectivity index (χ1n) is 7.23. The van der Waals surface area contributed by atoms with E-state index >= 15 is 0 Å². The lowest BCUT2D eigenvalue weighted by molar-refractivity contribution is 0.0383. The second-order valence-electron chi connectivity index (χ2n) is 6.22. The number of fused-ring (bicyclic) bond motifs is 1. The van der Waals surface area contributed by atoms with Gasteiger partial charge in [-0.05, 0) is 30.2 Å². The van der Waals surface area contributed by atoms with Gasteiger partial charge >= 0.3 is 0 Å². The van der Waals surface area contributed by atoms with E-state index < -0.39 is 5.60 Å². The second-order valence-corrected chi connectivity index (χ2v) is 6.22. The molecule has 0 aliphatic rings. The molecule has 1 atom stereocenters. The molecule has 0 aliphatic carbocycles. The summed E-state index contributed by atoms with van der Waals surface area (Å²) in [5, 5.41) is 16.0. The highest BCUT2D eigenvalue weighted by Crippen LogP contribution is 2.18. The Morgan fingerprint density at radius 1 is 1.25 bits per heavy atom. The zero-order valence-corrected chi connectivity index (χ0v) is 12.6. The molecule has 0 saturated carbocycles. The minimum absolute atomic E-state index is 0.492. The Kier molecular flexibility index (Phi) is 4.73. The highest BCUT2D eigenvalue weighted by atomic mass is 16.3. The Labute approximate surface area is 121 Å². The van der Waals surface area contributed by atoms with Crippen molar-refractivity contribution in [1.29, 1.82) is 0 Å². The normalized spacial score (nSPS) is 14.7. The summed E-state index contributed by atoms with van der Waals surface area (Å²) < 4.78 is 0. The molecule has 2 N–H and O–H groups in total. The van der Waals surface area contributed by atoms with Crippen LogP contribution in [0.25, 0.3) is 10.8 Å². The molecule has 1 heterocycles. The SMILES string of the molecule is CC(C)CC(C)(O)CNCc1cncc2ccccc12. The van der Waals surface area contributed by atoms with Crippen molar-refractivity contribution in [2.45, 2.75) is 39.3 Å². The van der Waals surface area contributed by atoms with E-state index in [9.17, 15) is 5.11 Å². The molecule has 0 bridgehead atoms. The topological polar surface area (TPSA) is 45.1 Å². The molecule has 0 aliphatic heterocycles. The van der Waals surface area contributed by atoms with Gasteiger partial charge in [0.2, 0.25) is 0 Å². The molecule has 3 heteroatoms. The average molecular weight is 272 g/mol.